The Morgan fingerprint density at radius 1 is 1.24 bits per heavy atom. The minimum atomic E-state index is -1.10. The normalized spacial score (nSPS) is 17.7. The number of piperidine rings is 1. The van der Waals surface area contributed by atoms with Crippen molar-refractivity contribution in [2.24, 2.45) is 5.92 Å². The molecule has 2 N–H and O–H groups in total. The van der Waals surface area contributed by atoms with Gasteiger partial charge in [-0.2, -0.15) is 0 Å². The summed E-state index contributed by atoms with van der Waals surface area (Å²) in [5, 5.41) is 11.9. The van der Waals surface area contributed by atoms with Gasteiger partial charge in [-0.25, -0.2) is 9.59 Å². The second-order valence-electron chi connectivity index (χ2n) is 7.11. The summed E-state index contributed by atoms with van der Waals surface area (Å²) in [7, 11) is 0. The molecule has 1 fully saturated rings. The van der Waals surface area contributed by atoms with Crippen LogP contribution in [0.3, 0.4) is 0 Å². The van der Waals surface area contributed by atoms with Crippen molar-refractivity contribution < 1.29 is 24.2 Å². The van der Waals surface area contributed by atoms with Crippen LogP contribution in [0.2, 0.25) is 0 Å². The van der Waals surface area contributed by atoms with Crippen molar-refractivity contribution in [2.45, 2.75) is 39.2 Å². The minimum Gasteiger partial charge on any atom is -0.478 e. The number of benzene rings is 1. The van der Waals surface area contributed by atoms with Crippen LogP contribution in [0.25, 0.3) is 0 Å². The van der Waals surface area contributed by atoms with Crippen LogP contribution < -0.4 is 5.32 Å². The second-order valence-corrected chi connectivity index (χ2v) is 7.11. The Bertz CT molecular complexity index is 666. The average Bonchev–Trinajstić information content (AvgIpc) is 2.53. The van der Waals surface area contributed by atoms with Gasteiger partial charge in [0.25, 0.3) is 0 Å². The van der Waals surface area contributed by atoms with Gasteiger partial charge in [-0.15, -0.1) is 0 Å². The molecule has 1 heterocycles. The van der Waals surface area contributed by atoms with Gasteiger partial charge in [0.15, 0.2) is 0 Å². The number of carbonyl (C=O) groups excluding carboxylic acids is 2. The molecule has 0 aliphatic carbocycles. The molecule has 1 aromatic carbocycles. The molecule has 1 unspecified atom stereocenters. The summed E-state index contributed by atoms with van der Waals surface area (Å²) in [5.41, 5.74) is -0.294. The van der Waals surface area contributed by atoms with Gasteiger partial charge in [0.2, 0.25) is 5.91 Å². The number of carboxylic acid groups (broad SMARTS) is 1. The van der Waals surface area contributed by atoms with Crippen LogP contribution in [0, 0.1) is 5.92 Å². The van der Waals surface area contributed by atoms with Crippen molar-refractivity contribution >= 4 is 23.7 Å². The molecule has 7 heteroatoms. The molecule has 0 bridgehead atoms. The van der Waals surface area contributed by atoms with Crippen molar-refractivity contribution in [1.82, 2.24) is 4.90 Å². The SMILES string of the molecule is CC(C)(C)OC(=O)N1CCCC(C(=O)Nc2ccccc2C(=O)O)C1. The first-order valence-corrected chi connectivity index (χ1v) is 8.28. The molecule has 0 spiro atoms. The van der Waals surface area contributed by atoms with E-state index in [2.05, 4.69) is 5.32 Å². The molecule has 2 rings (SSSR count). The van der Waals surface area contributed by atoms with Gasteiger partial charge in [0.1, 0.15) is 5.60 Å². The number of nitrogens with one attached hydrogen (secondary N) is 1. The van der Waals surface area contributed by atoms with Crippen LogP contribution in [-0.2, 0) is 9.53 Å². The Kier molecular flexibility index (Phi) is 5.66. The topological polar surface area (TPSA) is 95.9 Å². The van der Waals surface area contributed by atoms with Crippen molar-refractivity contribution in [3.05, 3.63) is 29.8 Å². The molecule has 2 amide bonds. The lowest BCUT2D eigenvalue weighted by molar-refractivity contribution is -0.121. The van der Waals surface area contributed by atoms with Gasteiger partial charge in [0.05, 0.1) is 17.2 Å². The molecular formula is C18H24N2O5. The van der Waals surface area contributed by atoms with Crippen LogP contribution in [-0.4, -0.2) is 46.7 Å². The molecule has 0 aromatic heterocycles. The molecule has 0 saturated carbocycles. The molecule has 1 aliphatic heterocycles. The van der Waals surface area contributed by atoms with Crippen LogP contribution >= 0.6 is 0 Å². The van der Waals surface area contributed by atoms with E-state index in [0.717, 1.165) is 0 Å². The smallest absolute Gasteiger partial charge is 0.410 e. The van der Waals surface area contributed by atoms with E-state index in [4.69, 9.17) is 4.74 Å². The van der Waals surface area contributed by atoms with Crippen molar-refractivity contribution in [1.29, 1.82) is 0 Å². The summed E-state index contributed by atoms with van der Waals surface area (Å²) in [4.78, 5) is 37.5. The number of para-hydroxylation sites is 1. The highest BCUT2D eigenvalue weighted by molar-refractivity contribution is 6.01. The number of aromatic carboxylic acids is 1. The first-order valence-electron chi connectivity index (χ1n) is 8.28. The largest absolute Gasteiger partial charge is 0.478 e. The Morgan fingerprint density at radius 3 is 2.56 bits per heavy atom. The second kappa shape index (κ2) is 7.55. The molecule has 0 radical (unpaired) electrons. The fourth-order valence-electron chi connectivity index (χ4n) is 2.70. The number of anilines is 1. The van der Waals surface area contributed by atoms with Crippen molar-refractivity contribution in [3.8, 4) is 0 Å². The van der Waals surface area contributed by atoms with Gasteiger partial charge in [-0.3, -0.25) is 4.79 Å². The Hall–Kier alpha value is -2.57. The zero-order valence-electron chi connectivity index (χ0n) is 14.7. The molecule has 1 aromatic rings. The number of hydrogen-bond acceptors (Lipinski definition) is 4. The summed E-state index contributed by atoms with van der Waals surface area (Å²) in [6.45, 7) is 6.19. The maximum atomic E-state index is 12.5. The number of likely N-dealkylation sites (tertiary alicyclic amines) is 1. The lowest BCUT2D eigenvalue weighted by atomic mass is 9.97. The predicted octanol–water partition coefficient (Wildman–Crippen LogP) is 2.97. The van der Waals surface area contributed by atoms with Gasteiger partial charge in [0, 0.05) is 13.1 Å². The predicted molar refractivity (Wildman–Crippen MR) is 92.6 cm³/mol. The average molecular weight is 348 g/mol. The summed E-state index contributed by atoms with van der Waals surface area (Å²) in [6.07, 6.45) is 0.897. The zero-order valence-corrected chi connectivity index (χ0v) is 14.7. The summed E-state index contributed by atoms with van der Waals surface area (Å²) >= 11 is 0. The summed E-state index contributed by atoms with van der Waals surface area (Å²) in [5.74, 6) is -1.79. The van der Waals surface area contributed by atoms with Gasteiger partial charge >= 0.3 is 12.1 Å². The van der Waals surface area contributed by atoms with E-state index in [9.17, 15) is 19.5 Å². The lowest BCUT2D eigenvalue weighted by Gasteiger charge is -2.33. The number of carboxylic acids is 1. The monoisotopic (exact) mass is 348 g/mol. The quantitative estimate of drug-likeness (QED) is 0.875. The standard InChI is InChI=1S/C18H24N2O5/c1-18(2,3)25-17(24)20-10-6-7-12(11-20)15(21)19-14-9-5-4-8-13(14)16(22)23/h4-5,8-9,12H,6-7,10-11H2,1-3H3,(H,19,21)(H,22,23). The first kappa shape index (κ1) is 18.8. The molecule has 136 valence electrons. The number of nitrogens with zero attached hydrogens (tertiary/aromatic N) is 1. The lowest BCUT2D eigenvalue weighted by Crippen LogP contribution is -2.45. The Balaban J connectivity index is 2.03. The fraction of sp³-hybridized carbons (Fsp3) is 0.500. The van der Waals surface area contributed by atoms with Crippen LogP contribution in [0.15, 0.2) is 24.3 Å². The maximum Gasteiger partial charge on any atom is 0.410 e. The number of amides is 2. The fourth-order valence-corrected chi connectivity index (χ4v) is 2.70. The number of hydrogen-bond donors (Lipinski definition) is 2. The van der Waals surface area contributed by atoms with Gasteiger partial charge in [-0.05, 0) is 45.7 Å². The third kappa shape index (κ3) is 5.20. The third-order valence-electron chi connectivity index (χ3n) is 3.86. The number of carbonyl (C=O) groups is 3. The summed E-state index contributed by atoms with van der Waals surface area (Å²) in [6, 6.07) is 6.25. The first-order chi connectivity index (χ1) is 11.7. The zero-order chi connectivity index (χ0) is 18.6. The van der Waals surface area contributed by atoms with Gasteiger partial charge in [-0.1, -0.05) is 12.1 Å². The van der Waals surface area contributed by atoms with E-state index in [1.165, 1.54) is 11.0 Å². The number of rotatable bonds is 3. The third-order valence-corrected chi connectivity index (χ3v) is 3.86. The maximum absolute atomic E-state index is 12.5. The molecule has 1 saturated heterocycles. The van der Waals surface area contributed by atoms with E-state index in [1.54, 1.807) is 39.0 Å². The van der Waals surface area contributed by atoms with Crippen LogP contribution in [0.4, 0.5) is 10.5 Å². The van der Waals surface area contributed by atoms with E-state index < -0.39 is 23.6 Å². The number of ether oxygens (including phenoxy) is 1. The highest BCUT2D eigenvalue weighted by Crippen LogP contribution is 2.22. The van der Waals surface area contributed by atoms with E-state index in [-0.39, 0.29) is 23.7 Å². The Labute approximate surface area is 147 Å². The highest BCUT2D eigenvalue weighted by atomic mass is 16.6. The van der Waals surface area contributed by atoms with Crippen LogP contribution in [0.5, 0.6) is 0 Å². The molecule has 25 heavy (non-hydrogen) atoms. The van der Waals surface area contributed by atoms with E-state index in [0.29, 0.717) is 19.4 Å². The van der Waals surface area contributed by atoms with E-state index >= 15 is 0 Å². The summed E-state index contributed by atoms with van der Waals surface area (Å²) < 4.78 is 5.35. The molecular weight excluding hydrogens is 324 g/mol. The minimum absolute atomic E-state index is 0.0376. The van der Waals surface area contributed by atoms with Crippen molar-refractivity contribution in [3.63, 3.8) is 0 Å². The molecule has 1 aliphatic rings. The molecule has 1 atom stereocenters. The van der Waals surface area contributed by atoms with E-state index in [1.807, 2.05) is 0 Å². The van der Waals surface area contributed by atoms with Crippen molar-refractivity contribution in [2.75, 3.05) is 18.4 Å². The molecule has 7 nitrogen and oxygen atoms in total. The highest BCUT2D eigenvalue weighted by Gasteiger charge is 2.31. The Morgan fingerprint density at radius 2 is 1.92 bits per heavy atom. The van der Waals surface area contributed by atoms with Gasteiger partial charge < -0.3 is 20.1 Å². The van der Waals surface area contributed by atoms with Crippen LogP contribution in [0.1, 0.15) is 44.0 Å².